The molecule has 35 heavy (non-hydrogen) atoms. The molecule has 0 saturated carbocycles. The number of amides is 2. The van der Waals surface area contributed by atoms with Crippen LogP contribution in [-0.4, -0.2) is 38.4 Å². The van der Waals surface area contributed by atoms with Crippen molar-refractivity contribution in [2.24, 2.45) is 5.10 Å². The number of halogens is 1. The van der Waals surface area contributed by atoms with E-state index in [-0.39, 0.29) is 18.4 Å². The summed E-state index contributed by atoms with van der Waals surface area (Å²) in [7, 11) is 1.54. The number of aryl methyl sites for hydroxylation is 1. The zero-order valence-electron chi connectivity index (χ0n) is 19.6. The maximum absolute atomic E-state index is 12.4. The number of carbonyl (C=O) groups excluding carboxylic acids is 2. The molecule has 2 amide bonds. The zero-order valence-corrected chi connectivity index (χ0v) is 20.4. The van der Waals surface area contributed by atoms with Crippen molar-refractivity contribution in [3.8, 4) is 17.2 Å². The molecule has 8 nitrogen and oxygen atoms in total. The van der Waals surface area contributed by atoms with Crippen LogP contribution in [-0.2, 0) is 4.79 Å². The quantitative estimate of drug-likeness (QED) is 0.310. The van der Waals surface area contributed by atoms with Crippen LogP contribution in [0, 0.1) is 6.92 Å². The standard InChI is InChI=1S/C26H26ClN3O5/c1-4-34-24-13-19(8-12-23(24)33-3)26(32)30-28-15-18-6-10-21(11-7-18)35-16-25(31)29-20-9-5-17(2)22(27)14-20/h5-15H,4,16H2,1-3H3,(H,29,31)(H,30,32)/b28-15+. The molecular weight excluding hydrogens is 470 g/mol. The van der Waals surface area contributed by atoms with Crippen LogP contribution in [0.3, 0.4) is 0 Å². The molecule has 0 aliphatic rings. The summed E-state index contributed by atoms with van der Waals surface area (Å²) in [5.74, 6) is 0.866. The second-order valence-electron chi connectivity index (χ2n) is 7.37. The number of carbonyl (C=O) groups is 2. The first kappa shape index (κ1) is 25.6. The van der Waals surface area contributed by atoms with E-state index in [0.29, 0.717) is 40.1 Å². The van der Waals surface area contributed by atoms with Gasteiger partial charge in [0.25, 0.3) is 11.8 Å². The fraction of sp³-hybridized carbons (Fsp3) is 0.192. The van der Waals surface area contributed by atoms with E-state index >= 15 is 0 Å². The molecule has 182 valence electrons. The van der Waals surface area contributed by atoms with Gasteiger partial charge in [0.15, 0.2) is 18.1 Å². The van der Waals surface area contributed by atoms with Crippen molar-refractivity contribution < 1.29 is 23.8 Å². The lowest BCUT2D eigenvalue weighted by Crippen LogP contribution is -2.20. The van der Waals surface area contributed by atoms with Crippen molar-refractivity contribution in [3.63, 3.8) is 0 Å². The molecule has 9 heteroatoms. The van der Waals surface area contributed by atoms with Crippen molar-refractivity contribution in [1.29, 1.82) is 0 Å². The van der Waals surface area contributed by atoms with Crippen LogP contribution < -0.4 is 25.0 Å². The van der Waals surface area contributed by atoms with E-state index in [9.17, 15) is 9.59 Å². The molecule has 0 bridgehead atoms. The van der Waals surface area contributed by atoms with Gasteiger partial charge in [0, 0.05) is 16.3 Å². The van der Waals surface area contributed by atoms with E-state index in [0.717, 1.165) is 11.1 Å². The maximum Gasteiger partial charge on any atom is 0.271 e. The van der Waals surface area contributed by atoms with Gasteiger partial charge in [-0.1, -0.05) is 17.7 Å². The lowest BCUT2D eigenvalue weighted by atomic mass is 10.2. The number of benzene rings is 3. The number of hydrogen-bond acceptors (Lipinski definition) is 6. The summed E-state index contributed by atoms with van der Waals surface area (Å²) in [5.41, 5.74) is 5.14. The molecule has 3 aromatic rings. The Morgan fingerprint density at radius 2 is 1.77 bits per heavy atom. The van der Waals surface area contributed by atoms with Gasteiger partial charge < -0.3 is 19.5 Å². The summed E-state index contributed by atoms with van der Waals surface area (Å²) in [6.07, 6.45) is 1.50. The van der Waals surface area contributed by atoms with Gasteiger partial charge in [0.05, 0.1) is 19.9 Å². The van der Waals surface area contributed by atoms with Gasteiger partial charge in [-0.25, -0.2) is 5.43 Å². The Morgan fingerprint density at radius 3 is 2.46 bits per heavy atom. The number of nitrogens with one attached hydrogen (secondary N) is 2. The van der Waals surface area contributed by atoms with Crippen molar-refractivity contribution in [2.75, 3.05) is 25.6 Å². The minimum atomic E-state index is -0.384. The van der Waals surface area contributed by atoms with Crippen LogP contribution in [0.25, 0.3) is 0 Å². The van der Waals surface area contributed by atoms with Crippen LogP contribution in [0.4, 0.5) is 5.69 Å². The average Bonchev–Trinajstić information content (AvgIpc) is 2.86. The predicted octanol–water partition coefficient (Wildman–Crippen LogP) is 4.84. The van der Waals surface area contributed by atoms with Crippen LogP contribution in [0.15, 0.2) is 65.8 Å². The number of ether oxygens (including phenoxy) is 3. The molecule has 0 spiro atoms. The number of nitrogens with zero attached hydrogens (tertiary/aromatic N) is 1. The highest BCUT2D eigenvalue weighted by atomic mass is 35.5. The first-order chi connectivity index (χ1) is 16.9. The summed E-state index contributed by atoms with van der Waals surface area (Å²) < 4.78 is 16.2. The summed E-state index contributed by atoms with van der Waals surface area (Å²) in [4.78, 5) is 24.5. The van der Waals surface area contributed by atoms with Crippen molar-refractivity contribution >= 4 is 35.3 Å². The van der Waals surface area contributed by atoms with E-state index in [4.69, 9.17) is 25.8 Å². The largest absolute Gasteiger partial charge is 0.493 e. The summed E-state index contributed by atoms with van der Waals surface area (Å²) in [6.45, 7) is 4.04. The monoisotopic (exact) mass is 495 g/mol. The van der Waals surface area contributed by atoms with E-state index in [2.05, 4.69) is 15.8 Å². The minimum Gasteiger partial charge on any atom is -0.493 e. The highest BCUT2D eigenvalue weighted by Gasteiger charge is 2.10. The van der Waals surface area contributed by atoms with Crippen molar-refractivity contribution in [1.82, 2.24) is 5.43 Å². The van der Waals surface area contributed by atoms with Crippen molar-refractivity contribution in [3.05, 3.63) is 82.4 Å². The van der Waals surface area contributed by atoms with E-state index in [1.165, 1.54) is 13.3 Å². The van der Waals surface area contributed by atoms with Crippen molar-refractivity contribution in [2.45, 2.75) is 13.8 Å². The van der Waals surface area contributed by atoms with E-state index < -0.39 is 0 Å². The highest BCUT2D eigenvalue weighted by Crippen LogP contribution is 2.28. The van der Waals surface area contributed by atoms with Gasteiger partial charge in [0.2, 0.25) is 0 Å². The summed E-state index contributed by atoms with van der Waals surface area (Å²) in [6, 6.07) is 17.1. The Labute approximate surface area is 208 Å². The number of hydrogen-bond donors (Lipinski definition) is 2. The number of hydrazone groups is 1. The van der Waals surface area contributed by atoms with Crippen LogP contribution >= 0.6 is 11.6 Å². The molecule has 0 aliphatic carbocycles. The molecule has 3 aromatic carbocycles. The molecule has 0 aromatic heterocycles. The van der Waals surface area contributed by atoms with E-state index in [1.807, 2.05) is 19.9 Å². The number of anilines is 1. The average molecular weight is 496 g/mol. The third-order valence-corrected chi connectivity index (χ3v) is 5.22. The Hall–Kier alpha value is -4.04. The minimum absolute atomic E-state index is 0.152. The second-order valence-corrected chi connectivity index (χ2v) is 7.77. The molecule has 0 radical (unpaired) electrons. The van der Waals surface area contributed by atoms with Gasteiger partial charge in [-0.15, -0.1) is 0 Å². The Morgan fingerprint density at radius 1 is 1.00 bits per heavy atom. The lowest BCUT2D eigenvalue weighted by Gasteiger charge is -2.10. The van der Waals surface area contributed by atoms with Crippen LogP contribution in [0.1, 0.15) is 28.4 Å². The molecule has 2 N–H and O–H groups in total. The first-order valence-corrected chi connectivity index (χ1v) is 11.2. The Kier molecular flexibility index (Phi) is 9.09. The van der Waals surface area contributed by atoms with Gasteiger partial charge in [-0.2, -0.15) is 5.10 Å². The molecule has 3 rings (SSSR count). The number of rotatable bonds is 10. The Bertz CT molecular complexity index is 1210. The van der Waals surface area contributed by atoms with Crippen LogP contribution in [0.2, 0.25) is 5.02 Å². The third-order valence-electron chi connectivity index (χ3n) is 4.81. The second kappa shape index (κ2) is 12.4. The summed E-state index contributed by atoms with van der Waals surface area (Å²) >= 11 is 6.07. The first-order valence-electron chi connectivity index (χ1n) is 10.8. The SMILES string of the molecule is CCOc1cc(C(=O)N/N=C/c2ccc(OCC(=O)Nc3ccc(C)c(Cl)c3)cc2)ccc1OC. The zero-order chi connectivity index (χ0) is 25.2. The topological polar surface area (TPSA) is 98.3 Å². The van der Waals surface area contributed by atoms with E-state index in [1.54, 1.807) is 54.6 Å². The fourth-order valence-electron chi connectivity index (χ4n) is 2.98. The Balaban J connectivity index is 1.49. The number of methoxy groups -OCH3 is 1. The highest BCUT2D eigenvalue weighted by molar-refractivity contribution is 6.31. The normalized spacial score (nSPS) is 10.6. The summed E-state index contributed by atoms with van der Waals surface area (Å²) in [5, 5.41) is 7.30. The van der Waals surface area contributed by atoms with Crippen LogP contribution in [0.5, 0.6) is 17.2 Å². The fourth-order valence-corrected chi connectivity index (χ4v) is 3.16. The van der Waals surface area contributed by atoms with Gasteiger partial charge in [-0.3, -0.25) is 9.59 Å². The maximum atomic E-state index is 12.4. The molecule has 0 fully saturated rings. The molecule has 0 atom stereocenters. The van der Waals surface area contributed by atoms with Gasteiger partial charge in [0.1, 0.15) is 5.75 Å². The lowest BCUT2D eigenvalue weighted by molar-refractivity contribution is -0.118. The smallest absolute Gasteiger partial charge is 0.271 e. The molecular formula is C26H26ClN3O5. The molecule has 0 aliphatic heterocycles. The van der Waals surface area contributed by atoms with Gasteiger partial charge in [-0.05, 0) is 79.6 Å². The molecule has 0 saturated heterocycles. The molecule has 0 unspecified atom stereocenters. The molecule has 0 heterocycles. The third kappa shape index (κ3) is 7.48. The predicted molar refractivity (Wildman–Crippen MR) is 136 cm³/mol. The van der Waals surface area contributed by atoms with Gasteiger partial charge >= 0.3 is 0 Å².